The van der Waals surface area contributed by atoms with E-state index >= 15 is 0 Å². The van der Waals surface area contributed by atoms with Crippen LogP contribution in [0.2, 0.25) is 0 Å². The Morgan fingerprint density at radius 2 is 2.04 bits per heavy atom. The first-order valence-electron chi connectivity index (χ1n) is 7.75. The summed E-state index contributed by atoms with van der Waals surface area (Å²) in [5.74, 6) is 2.27. The van der Waals surface area contributed by atoms with Gasteiger partial charge < -0.3 is 15.1 Å². The molecule has 2 N–H and O–H groups in total. The van der Waals surface area contributed by atoms with Crippen molar-refractivity contribution < 1.29 is 4.42 Å². The van der Waals surface area contributed by atoms with Gasteiger partial charge in [0.15, 0.2) is 5.96 Å². The molecule has 0 amide bonds. The maximum Gasteiger partial charge on any atom is 0.213 e. The molecule has 0 aliphatic heterocycles. The van der Waals surface area contributed by atoms with E-state index < -0.39 is 0 Å². The average molecular weight is 446 g/mol. The molecule has 2 aromatic rings. The zero-order valence-electron chi connectivity index (χ0n) is 15.0. The Morgan fingerprint density at radius 1 is 1.29 bits per heavy atom. The average Bonchev–Trinajstić information content (AvgIpc) is 3.11. The quantitative estimate of drug-likeness (QED) is 0.419. The first-order chi connectivity index (χ1) is 10.9. The molecule has 2 aromatic heterocycles. The molecule has 0 spiro atoms. The summed E-state index contributed by atoms with van der Waals surface area (Å²) in [6.45, 7) is 7.59. The molecule has 0 fully saturated rings. The Hall–Kier alpha value is -1.58. The molecule has 2 rings (SSSR count). The molecule has 0 saturated heterocycles. The van der Waals surface area contributed by atoms with Crippen molar-refractivity contribution in [2.45, 2.75) is 39.2 Å². The number of hydrogen-bond acceptors (Lipinski definition) is 4. The van der Waals surface area contributed by atoms with Crippen molar-refractivity contribution >= 4 is 29.9 Å². The third-order valence-electron chi connectivity index (χ3n) is 3.39. The minimum Gasteiger partial charge on any atom is -0.443 e. The van der Waals surface area contributed by atoms with Gasteiger partial charge in [-0.25, -0.2) is 4.98 Å². The second-order valence-electron chi connectivity index (χ2n) is 6.49. The Balaban J connectivity index is 0.00000288. The largest absolute Gasteiger partial charge is 0.443 e. The van der Waals surface area contributed by atoms with Crippen molar-refractivity contribution in [2.24, 2.45) is 12.0 Å². The normalized spacial score (nSPS) is 12.0. The van der Waals surface area contributed by atoms with Gasteiger partial charge in [0.1, 0.15) is 5.76 Å². The van der Waals surface area contributed by atoms with Gasteiger partial charge in [-0.05, 0) is 12.0 Å². The van der Waals surface area contributed by atoms with Gasteiger partial charge in [0.25, 0.3) is 0 Å². The predicted octanol–water partition coefficient (Wildman–Crippen LogP) is 2.23. The van der Waals surface area contributed by atoms with Gasteiger partial charge >= 0.3 is 0 Å². The molecular weight excluding hydrogens is 419 g/mol. The van der Waals surface area contributed by atoms with E-state index in [1.54, 1.807) is 17.9 Å². The van der Waals surface area contributed by atoms with Crippen molar-refractivity contribution in [1.29, 1.82) is 0 Å². The van der Waals surface area contributed by atoms with Crippen molar-refractivity contribution in [2.75, 3.05) is 13.6 Å². The molecule has 0 radical (unpaired) electrons. The topological polar surface area (TPSA) is 80.3 Å². The molecule has 0 aromatic carbocycles. The number of aliphatic imine (C=N–C) groups is 1. The summed E-state index contributed by atoms with van der Waals surface area (Å²) in [7, 11) is 3.66. The fourth-order valence-electron chi connectivity index (χ4n) is 2.04. The summed E-state index contributed by atoms with van der Waals surface area (Å²) in [4.78, 5) is 8.50. The minimum atomic E-state index is -0.0328. The van der Waals surface area contributed by atoms with Crippen LogP contribution >= 0.6 is 24.0 Å². The highest BCUT2D eigenvalue weighted by atomic mass is 127. The Kier molecular flexibility index (Phi) is 7.71. The number of nitrogens with zero attached hydrogens (tertiary/aromatic N) is 4. The van der Waals surface area contributed by atoms with Crippen LogP contribution in [0, 0.1) is 0 Å². The number of aromatic nitrogens is 3. The summed E-state index contributed by atoms with van der Waals surface area (Å²) in [5, 5.41) is 10.6. The molecule has 8 heteroatoms. The van der Waals surface area contributed by atoms with Crippen molar-refractivity contribution in [3.05, 3.63) is 35.8 Å². The molecular formula is C16H27IN6O. The molecule has 0 aliphatic carbocycles. The van der Waals surface area contributed by atoms with E-state index in [1.165, 1.54) is 5.56 Å². The summed E-state index contributed by atoms with van der Waals surface area (Å²) >= 11 is 0. The maximum atomic E-state index is 5.75. The molecule has 0 bridgehead atoms. The number of halogens is 1. The maximum absolute atomic E-state index is 5.75. The van der Waals surface area contributed by atoms with Crippen LogP contribution in [0.3, 0.4) is 0 Å². The molecule has 0 unspecified atom stereocenters. The van der Waals surface area contributed by atoms with E-state index in [0.29, 0.717) is 12.4 Å². The standard InChI is InChI=1S/C16H26N6O.HI/c1-16(2,3)13-9-19-14(23-13)10-20-15(17-4)18-7-6-12-8-21-22(5)11-12;/h8-9,11H,6-7,10H2,1-5H3,(H2,17,18,20);1H. The highest BCUT2D eigenvalue weighted by molar-refractivity contribution is 14.0. The van der Waals surface area contributed by atoms with E-state index in [1.807, 2.05) is 19.4 Å². The number of aryl methyl sites for hydroxylation is 1. The SMILES string of the molecule is CN=C(NCCc1cnn(C)c1)NCc1ncc(C(C)(C)C)o1.I. The van der Waals surface area contributed by atoms with Crippen LogP contribution in [0.4, 0.5) is 0 Å². The number of rotatable bonds is 5. The first-order valence-corrected chi connectivity index (χ1v) is 7.75. The molecule has 24 heavy (non-hydrogen) atoms. The number of oxazole rings is 1. The lowest BCUT2D eigenvalue weighted by molar-refractivity contribution is 0.379. The van der Waals surface area contributed by atoms with Gasteiger partial charge in [0.05, 0.1) is 18.9 Å². The molecule has 2 heterocycles. The van der Waals surface area contributed by atoms with Crippen LogP contribution in [-0.2, 0) is 25.4 Å². The highest BCUT2D eigenvalue weighted by Crippen LogP contribution is 2.22. The number of hydrogen-bond donors (Lipinski definition) is 2. The third kappa shape index (κ3) is 6.14. The lowest BCUT2D eigenvalue weighted by atomic mass is 9.94. The molecule has 0 atom stereocenters. The second kappa shape index (κ2) is 9.05. The summed E-state index contributed by atoms with van der Waals surface area (Å²) in [5.41, 5.74) is 1.16. The van der Waals surface area contributed by atoms with Crippen LogP contribution < -0.4 is 10.6 Å². The van der Waals surface area contributed by atoms with Gasteiger partial charge in [-0.2, -0.15) is 5.10 Å². The van der Waals surface area contributed by atoms with Crippen molar-refractivity contribution in [3.8, 4) is 0 Å². The van der Waals surface area contributed by atoms with E-state index in [4.69, 9.17) is 4.42 Å². The van der Waals surface area contributed by atoms with Crippen LogP contribution in [0.15, 0.2) is 28.0 Å². The zero-order chi connectivity index (χ0) is 16.9. The minimum absolute atomic E-state index is 0. The summed E-state index contributed by atoms with van der Waals surface area (Å²) in [6.07, 6.45) is 6.56. The zero-order valence-corrected chi connectivity index (χ0v) is 17.3. The Labute approximate surface area is 160 Å². The molecule has 0 saturated carbocycles. The van der Waals surface area contributed by atoms with Gasteiger partial charge in [0.2, 0.25) is 5.89 Å². The Morgan fingerprint density at radius 3 is 2.58 bits per heavy atom. The third-order valence-corrected chi connectivity index (χ3v) is 3.39. The van der Waals surface area contributed by atoms with E-state index in [-0.39, 0.29) is 29.4 Å². The lowest BCUT2D eigenvalue weighted by Gasteiger charge is -2.13. The van der Waals surface area contributed by atoms with Crippen molar-refractivity contribution in [3.63, 3.8) is 0 Å². The van der Waals surface area contributed by atoms with Gasteiger partial charge in [0, 0.05) is 32.3 Å². The van der Waals surface area contributed by atoms with Crippen LogP contribution in [0.25, 0.3) is 0 Å². The smallest absolute Gasteiger partial charge is 0.213 e. The molecule has 0 aliphatic rings. The van der Waals surface area contributed by atoms with Gasteiger partial charge in [-0.1, -0.05) is 20.8 Å². The Bertz CT molecular complexity index is 656. The van der Waals surface area contributed by atoms with Crippen LogP contribution in [0.1, 0.15) is 38.0 Å². The molecule has 7 nitrogen and oxygen atoms in total. The predicted molar refractivity (Wildman–Crippen MR) is 106 cm³/mol. The summed E-state index contributed by atoms with van der Waals surface area (Å²) < 4.78 is 7.56. The summed E-state index contributed by atoms with van der Waals surface area (Å²) in [6, 6.07) is 0. The highest BCUT2D eigenvalue weighted by Gasteiger charge is 2.19. The van der Waals surface area contributed by atoms with Crippen LogP contribution in [-0.4, -0.2) is 34.3 Å². The number of nitrogens with one attached hydrogen (secondary N) is 2. The number of guanidine groups is 1. The van der Waals surface area contributed by atoms with Crippen LogP contribution in [0.5, 0.6) is 0 Å². The van der Waals surface area contributed by atoms with E-state index in [9.17, 15) is 0 Å². The van der Waals surface area contributed by atoms with E-state index in [0.717, 1.165) is 24.7 Å². The monoisotopic (exact) mass is 446 g/mol. The molecule has 134 valence electrons. The first kappa shape index (κ1) is 20.5. The lowest BCUT2D eigenvalue weighted by Crippen LogP contribution is -2.37. The van der Waals surface area contributed by atoms with Gasteiger partial charge in [-0.15, -0.1) is 24.0 Å². The van der Waals surface area contributed by atoms with Crippen molar-refractivity contribution in [1.82, 2.24) is 25.4 Å². The van der Waals surface area contributed by atoms with E-state index in [2.05, 4.69) is 46.5 Å². The fraction of sp³-hybridized carbons (Fsp3) is 0.562. The van der Waals surface area contributed by atoms with Gasteiger partial charge in [-0.3, -0.25) is 9.67 Å². The second-order valence-corrected chi connectivity index (χ2v) is 6.49. The fourth-order valence-corrected chi connectivity index (χ4v) is 2.04.